The Balaban J connectivity index is 1.19. The smallest absolute Gasteiger partial charge is 0.431 e. The van der Waals surface area contributed by atoms with Gasteiger partial charge in [0.15, 0.2) is 0 Å². The number of ether oxygens (including phenoxy) is 2. The van der Waals surface area contributed by atoms with Crippen LogP contribution in [-0.4, -0.2) is 12.3 Å². The molecule has 0 spiro atoms. The van der Waals surface area contributed by atoms with Gasteiger partial charge in [0.1, 0.15) is 12.7 Å². The first kappa shape index (κ1) is 27.8. The summed E-state index contributed by atoms with van der Waals surface area (Å²) in [6, 6.07) is 9.83. The Morgan fingerprint density at radius 2 is 1.76 bits per heavy atom. The number of rotatable bonds is 8. The zero-order chi connectivity index (χ0) is 26.9. The topological polar surface area (TPSA) is 35.5 Å². The second-order valence-electron chi connectivity index (χ2n) is 14.3. The van der Waals surface area contributed by atoms with E-state index < -0.39 is 6.16 Å². The molecule has 4 aliphatic carbocycles. The first-order valence-corrected chi connectivity index (χ1v) is 15.8. The number of hydrogen-bond donors (Lipinski definition) is 0. The fourth-order valence-electron chi connectivity index (χ4n) is 9.64. The van der Waals surface area contributed by atoms with Crippen LogP contribution in [0.2, 0.25) is 0 Å². The lowest BCUT2D eigenvalue weighted by atomic mass is 9.47. The zero-order valence-electron chi connectivity index (χ0n) is 24.7. The van der Waals surface area contributed by atoms with Gasteiger partial charge in [-0.25, -0.2) is 4.79 Å². The molecule has 0 radical (unpaired) electrons. The van der Waals surface area contributed by atoms with Gasteiger partial charge in [-0.3, -0.25) is 0 Å². The minimum atomic E-state index is -0.523. The van der Waals surface area contributed by atoms with E-state index in [0.717, 1.165) is 60.3 Å². The molecule has 3 saturated carbocycles. The van der Waals surface area contributed by atoms with E-state index in [1.54, 1.807) is 5.57 Å². The molecule has 0 unspecified atom stereocenters. The van der Waals surface area contributed by atoms with Crippen molar-refractivity contribution in [2.24, 2.45) is 46.3 Å². The van der Waals surface area contributed by atoms with Gasteiger partial charge >= 0.3 is 6.16 Å². The van der Waals surface area contributed by atoms with Crippen molar-refractivity contribution in [2.75, 3.05) is 0 Å². The Kier molecular flexibility index (Phi) is 8.32. The second kappa shape index (κ2) is 11.4. The summed E-state index contributed by atoms with van der Waals surface area (Å²) in [5, 5.41) is 0. The summed E-state index contributed by atoms with van der Waals surface area (Å²) in [5.41, 5.74) is 3.36. The van der Waals surface area contributed by atoms with E-state index in [2.05, 4.69) is 40.7 Å². The minimum absolute atomic E-state index is 0.0504. The molecule has 8 atom stereocenters. The minimum Gasteiger partial charge on any atom is -0.431 e. The highest BCUT2D eigenvalue weighted by molar-refractivity contribution is 5.60. The molecule has 0 aliphatic heterocycles. The molecule has 5 rings (SSSR count). The van der Waals surface area contributed by atoms with Gasteiger partial charge in [0.05, 0.1) is 0 Å². The van der Waals surface area contributed by atoms with Gasteiger partial charge in [0.2, 0.25) is 0 Å². The van der Waals surface area contributed by atoms with E-state index in [1.807, 2.05) is 30.3 Å². The normalized spacial score (nSPS) is 37.0. The van der Waals surface area contributed by atoms with E-state index in [-0.39, 0.29) is 18.1 Å². The van der Waals surface area contributed by atoms with Crippen molar-refractivity contribution in [1.82, 2.24) is 0 Å². The van der Waals surface area contributed by atoms with E-state index in [1.165, 1.54) is 51.4 Å². The van der Waals surface area contributed by atoms with Crippen LogP contribution in [0.5, 0.6) is 0 Å². The molecule has 0 bridgehead atoms. The molecule has 0 aromatic heterocycles. The number of allylic oxidation sites excluding steroid dienone is 1. The number of hydrogen-bond acceptors (Lipinski definition) is 3. The van der Waals surface area contributed by atoms with Crippen LogP contribution >= 0.6 is 0 Å². The Morgan fingerprint density at radius 1 is 0.974 bits per heavy atom. The van der Waals surface area contributed by atoms with Crippen molar-refractivity contribution < 1.29 is 14.3 Å². The van der Waals surface area contributed by atoms with Crippen molar-refractivity contribution in [3.63, 3.8) is 0 Å². The molecular formula is C35H52O3. The largest absolute Gasteiger partial charge is 0.508 e. The molecule has 0 amide bonds. The first-order chi connectivity index (χ1) is 18.2. The summed E-state index contributed by atoms with van der Waals surface area (Å²) >= 11 is 0. The first-order valence-electron chi connectivity index (χ1n) is 15.8. The molecule has 3 fully saturated rings. The van der Waals surface area contributed by atoms with Crippen molar-refractivity contribution in [3.8, 4) is 0 Å². The van der Waals surface area contributed by atoms with Crippen LogP contribution in [-0.2, 0) is 16.1 Å². The third-order valence-electron chi connectivity index (χ3n) is 11.7. The SMILES string of the molecule is CC(C)CCC[C@@H](C)[C@H]1CC[C@@H]2[C@@H]3CC=C4C[C@@H](OC(=O)OCc5ccccc5)CC[C@]4(C)[C@@H]3CC[C@@]21C. The van der Waals surface area contributed by atoms with Gasteiger partial charge < -0.3 is 9.47 Å². The molecule has 38 heavy (non-hydrogen) atoms. The lowest BCUT2D eigenvalue weighted by Gasteiger charge is -2.58. The predicted molar refractivity (Wildman–Crippen MR) is 155 cm³/mol. The van der Waals surface area contributed by atoms with E-state index in [9.17, 15) is 4.79 Å². The highest BCUT2D eigenvalue weighted by Gasteiger charge is 2.59. The maximum atomic E-state index is 12.4. The Morgan fingerprint density at radius 3 is 2.53 bits per heavy atom. The van der Waals surface area contributed by atoms with Gasteiger partial charge in [0.25, 0.3) is 0 Å². The molecule has 4 aliphatic rings. The molecule has 3 heteroatoms. The van der Waals surface area contributed by atoms with Crippen molar-refractivity contribution >= 4 is 6.16 Å². The monoisotopic (exact) mass is 520 g/mol. The summed E-state index contributed by atoms with van der Waals surface area (Å²) in [5.74, 6) is 5.11. The van der Waals surface area contributed by atoms with Crippen LogP contribution in [0.25, 0.3) is 0 Å². The van der Waals surface area contributed by atoms with Crippen LogP contribution in [0.15, 0.2) is 42.0 Å². The summed E-state index contributed by atoms with van der Waals surface area (Å²) in [6.45, 7) is 12.8. The number of carbonyl (C=O) groups is 1. The van der Waals surface area contributed by atoms with Crippen molar-refractivity contribution in [1.29, 1.82) is 0 Å². The molecular weight excluding hydrogens is 468 g/mol. The number of benzene rings is 1. The molecule has 1 aromatic rings. The van der Waals surface area contributed by atoms with Gasteiger partial charge in [-0.1, -0.05) is 95.9 Å². The van der Waals surface area contributed by atoms with Crippen molar-refractivity contribution in [3.05, 3.63) is 47.5 Å². The summed E-state index contributed by atoms with van der Waals surface area (Å²) in [7, 11) is 0. The Hall–Kier alpha value is -1.77. The quantitative estimate of drug-likeness (QED) is 0.253. The number of carbonyl (C=O) groups excluding carboxylic acids is 1. The molecule has 0 saturated heterocycles. The average molecular weight is 521 g/mol. The fourth-order valence-corrected chi connectivity index (χ4v) is 9.64. The third kappa shape index (κ3) is 5.46. The molecule has 1 aromatic carbocycles. The van der Waals surface area contributed by atoms with E-state index in [0.29, 0.717) is 5.41 Å². The van der Waals surface area contributed by atoms with Gasteiger partial charge in [-0.2, -0.15) is 0 Å². The molecule has 210 valence electrons. The average Bonchev–Trinajstić information content (AvgIpc) is 3.25. The zero-order valence-corrected chi connectivity index (χ0v) is 24.7. The molecule has 0 heterocycles. The van der Waals surface area contributed by atoms with Crippen LogP contribution in [0.1, 0.15) is 111 Å². The van der Waals surface area contributed by atoms with E-state index in [4.69, 9.17) is 9.47 Å². The molecule has 0 N–H and O–H groups in total. The Bertz CT molecular complexity index is 982. The number of fused-ring (bicyclic) bond motifs is 5. The third-order valence-corrected chi connectivity index (χ3v) is 11.7. The lowest BCUT2D eigenvalue weighted by molar-refractivity contribution is -0.0620. The van der Waals surface area contributed by atoms with Crippen molar-refractivity contribution in [2.45, 2.75) is 118 Å². The highest BCUT2D eigenvalue weighted by Crippen LogP contribution is 2.67. The van der Waals surface area contributed by atoms with Crippen LogP contribution < -0.4 is 0 Å². The van der Waals surface area contributed by atoms with Crippen LogP contribution in [0.4, 0.5) is 4.79 Å². The van der Waals surface area contributed by atoms with E-state index >= 15 is 0 Å². The summed E-state index contributed by atoms with van der Waals surface area (Å²) in [4.78, 5) is 12.4. The van der Waals surface area contributed by atoms with Gasteiger partial charge in [-0.05, 0) is 96.8 Å². The maximum Gasteiger partial charge on any atom is 0.508 e. The standard InChI is InChI=1S/C35H52O3/c1-24(2)10-9-11-25(3)30-16-17-31-29-15-14-27-22-28(38-33(36)37-23-26-12-7-6-8-13-26)18-20-34(27,4)32(29)19-21-35(30,31)5/h6-8,12-14,24-25,28-32H,9-11,15-23H2,1-5H3/t25-,28+,29+,30-,31-,32-,34+,35-/m1/s1. The highest BCUT2D eigenvalue weighted by atomic mass is 16.7. The molecule has 3 nitrogen and oxygen atoms in total. The summed E-state index contributed by atoms with van der Waals surface area (Å²) in [6.07, 6.45) is 16.1. The lowest BCUT2D eigenvalue weighted by Crippen LogP contribution is -2.51. The fraction of sp³-hybridized carbons (Fsp3) is 0.743. The second-order valence-corrected chi connectivity index (χ2v) is 14.3. The Labute approximate surface area is 232 Å². The van der Waals surface area contributed by atoms with Gasteiger partial charge in [-0.15, -0.1) is 0 Å². The van der Waals surface area contributed by atoms with Crippen LogP contribution in [0.3, 0.4) is 0 Å². The maximum absolute atomic E-state index is 12.4. The van der Waals surface area contributed by atoms with Gasteiger partial charge in [0, 0.05) is 6.42 Å². The predicted octanol–water partition coefficient (Wildman–Crippen LogP) is 9.75. The summed E-state index contributed by atoms with van der Waals surface area (Å²) < 4.78 is 11.2. The van der Waals surface area contributed by atoms with Crippen LogP contribution in [0, 0.1) is 46.3 Å².